The fourth-order valence-electron chi connectivity index (χ4n) is 4.65. The molecule has 6 aromatic carbocycles. The Morgan fingerprint density at radius 3 is 1.62 bits per heavy atom. The Labute approximate surface area is 199 Å². The summed E-state index contributed by atoms with van der Waals surface area (Å²) in [4.78, 5) is 2.32. The number of rotatable bonds is 5. The zero-order valence-corrected chi connectivity index (χ0v) is 18.7. The van der Waals surface area contributed by atoms with E-state index in [-0.39, 0.29) is 0 Å². The highest BCUT2D eigenvalue weighted by Crippen LogP contribution is 2.41. The summed E-state index contributed by atoms with van der Waals surface area (Å²) in [5, 5.41) is 8.54. The molecule has 0 aliphatic rings. The Balaban J connectivity index is 1.52. The first-order chi connectivity index (χ1) is 16.9. The average Bonchev–Trinajstić information content (AvgIpc) is 2.91. The molecule has 162 valence electrons. The van der Waals surface area contributed by atoms with E-state index in [0.29, 0.717) is 0 Å². The van der Waals surface area contributed by atoms with Gasteiger partial charge < -0.3 is 10.2 Å². The van der Waals surface area contributed by atoms with E-state index in [1.165, 1.54) is 21.5 Å². The molecule has 0 heterocycles. The van der Waals surface area contributed by atoms with E-state index in [1.54, 1.807) is 0 Å². The summed E-state index contributed by atoms with van der Waals surface area (Å²) in [5.74, 6) is 0. The lowest BCUT2D eigenvalue weighted by molar-refractivity contribution is 1.30. The standard InChI is InChI=1S/C32H24N2/c1-3-14-25(15-4-1)34(26-16-5-2-6-17-26)32-23-22-31(28-19-9-10-20-29(28)32)33-30-21-11-13-24-12-7-8-18-27(24)30/h1-23,33H. The molecule has 0 amide bonds. The van der Waals surface area contributed by atoms with E-state index in [4.69, 9.17) is 0 Å². The molecule has 0 saturated heterocycles. The minimum atomic E-state index is 1.09. The second-order valence-electron chi connectivity index (χ2n) is 8.34. The molecular formula is C32H24N2. The van der Waals surface area contributed by atoms with Gasteiger partial charge in [0.15, 0.2) is 0 Å². The Morgan fingerprint density at radius 2 is 0.912 bits per heavy atom. The van der Waals surface area contributed by atoms with Crippen LogP contribution >= 0.6 is 0 Å². The van der Waals surface area contributed by atoms with Crippen LogP contribution in [0.5, 0.6) is 0 Å². The number of hydrogen-bond acceptors (Lipinski definition) is 2. The molecule has 0 atom stereocenters. The molecular weight excluding hydrogens is 412 g/mol. The Hall–Kier alpha value is -4.56. The van der Waals surface area contributed by atoms with Crippen molar-refractivity contribution < 1.29 is 0 Å². The third-order valence-corrected chi connectivity index (χ3v) is 6.23. The minimum absolute atomic E-state index is 1.09. The van der Waals surface area contributed by atoms with Crippen molar-refractivity contribution in [1.29, 1.82) is 0 Å². The topological polar surface area (TPSA) is 15.3 Å². The quantitative estimate of drug-likeness (QED) is 0.290. The first-order valence-electron chi connectivity index (χ1n) is 11.6. The van der Waals surface area contributed by atoms with Gasteiger partial charge in [-0.2, -0.15) is 0 Å². The average molecular weight is 437 g/mol. The van der Waals surface area contributed by atoms with Crippen LogP contribution in [0.3, 0.4) is 0 Å². The van der Waals surface area contributed by atoms with E-state index in [0.717, 1.165) is 28.4 Å². The maximum Gasteiger partial charge on any atom is 0.0541 e. The molecule has 34 heavy (non-hydrogen) atoms. The maximum absolute atomic E-state index is 3.72. The SMILES string of the molecule is c1ccc(N(c2ccccc2)c2ccc(Nc3cccc4ccccc34)c3ccccc23)cc1. The summed E-state index contributed by atoms with van der Waals surface area (Å²) in [5.41, 5.74) is 5.62. The van der Waals surface area contributed by atoms with Crippen molar-refractivity contribution in [2.45, 2.75) is 0 Å². The van der Waals surface area contributed by atoms with Gasteiger partial charge in [-0.3, -0.25) is 0 Å². The summed E-state index contributed by atoms with van der Waals surface area (Å²) in [7, 11) is 0. The summed E-state index contributed by atoms with van der Waals surface area (Å²) in [6.45, 7) is 0. The van der Waals surface area contributed by atoms with Crippen LogP contribution in [0.4, 0.5) is 28.4 Å². The third kappa shape index (κ3) is 3.66. The Bertz CT molecular complexity index is 1530. The zero-order valence-electron chi connectivity index (χ0n) is 18.7. The van der Waals surface area contributed by atoms with Crippen molar-refractivity contribution in [3.63, 3.8) is 0 Å². The van der Waals surface area contributed by atoms with Gasteiger partial charge in [0, 0.05) is 38.9 Å². The summed E-state index contributed by atoms with van der Waals surface area (Å²) in [6.07, 6.45) is 0. The van der Waals surface area contributed by atoms with Gasteiger partial charge in [0.25, 0.3) is 0 Å². The number of benzene rings is 6. The van der Waals surface area contributed by atoms with E-state index >= 15 is 0 Å². The fraction of sp³-hybridized carbons (Fsp3) is 0. The molecule has 0 saturated carbocycles. The number of para-hydroxylation sites is 2. The summed E-state index contributed by atoms with van der Waals surface area (Å²) < 4.78 is 0. The van der Waals surface area contributed by atoms with Crippen LogP contribution in [0, 0.1) is 0 Å². The second-order valence-corrected chi connectivity index (χ2v) is 8.34. The lowest BCUT2D eigenvalue weighted by Crippen LogP contribution is -2.10. The van der Waals surface area contributed by atoms with Crippen molar-refractivity contribution in [3.8, 4) is 0 Å². The van der Waals surface area contributed by atoms with Crippen molar-refractivity contribution in [2.24, 2.45) is 0 Å². The molecule has 1 N–H and O–H groups in total. The Kier molecular flexibility index (Phi) is 5.17. The van der Waals surface area contributed by atoms with Crippen LogP contribution in [0.25, 0.3) is 21.5 Å². The molecule has 0 bridgehead atoms. The Morgan fingerprint density at radius 1 is 0.382 bits per heavy atom. The molecule has 0 aliphatic carbocycles. The van der Waals surface area contributed by atoms with E-state index in [2.05, 4.69) is 150 Å². The monoisotopic (exact) mass is 436 g/mol. The largest absolute Gasteiger partial charge is 0.355 e. The molecule has 0 spiro atoms. The van der Waals surface area contributed by atoms with Crippen LogP contribution in [0.15, 0.2) is 140 Å². The van der Waals surface area contributed by atoms with Gasteiger partial charge in [-0.1, -0.05) is 97.1 Å². The number of nitrogens with one attached hydrogen (secondary N) is 1. The fourth-order valence-corrected chi connectivity index (χ4v) is 4.65. The van der Waals surface area contributed by atoms with Crippen molar-refractivity contribution in [1.82, 2.24) is 0 Å². The number of fused-ring (bicyclic) bond motifs is 2. The highest BCUT2D eigenvalue weighted by atomic mass is 15.1. The number of anilines is 5. The molecule has 0 aliphatic heterocycles. The van der Waals surface area contributed by atoms with Crippen LogP contribution in [0.2, 0.25) is 0 Å². The lowest BCUT2D eigenvalue weighted by Gasteiger charge is -2.27. The molecule has 6 rings (SSSR count). The highest BCUT2D eigenvalue weighted by Gasteiger charge is 2.16. The zero-order chi connectivity index (χ0) is 22.7. The smallest absolute Gasteiger partial charge is 0.0541 e. The van der Waals surface area contributed by atoms with Crippen LogP contribution in [-0.4, -0.2) is 0 Å². The van der Waals surface area contributed by atoms with Crippen LogP contribution < -0.4 is 10.2 Å². The lowest BCUT2D eigenvalue weighted by atomic mass is 10.0. The number of hydrogen-bond donors (Lipinski definition) is 1. The first-order valence-corrected chi connectivity index (χ1v) is 11.6. The number of nitrogens with zero attached hydrogens (tertiary/aromatic N) is 1. The van der Waals surface area contributed by atoms with Crippen LogP contribution in [0.1, 0.15) is 0 Å². The molecule has 0 radical (unpaired) electrons. The van der Waals surface area contributed by atoms with Gasteiger partial charge in [-0.05, 0) is 47.9 Å². The van der Waals surface area contributed by atoms with Gasteiger partial charge in [-0.25, -0.2) is 0 Å². The molecule has 0 unspecified atom stereocenters. The highest BCUT2D eigenvalue weighted by molar-refractivity contribution is 6.07. The molecule has 2 nitrogen and oxygen atoms in total. The van der Waals surface area contributed by atoms with Crippen molar-refractivity contribution in [3.05, 3.63) is 140 Å². The predicted octanol–water partition coefficient (Wildman–Crippen LogP) is 9.21. The summed E-state index contributed by atoms with van der Waals surface area (Å²) >= 11 is 0. The van der Waals surface area contributed by atoms with Gasteiger partial charge in [0.05, 0.1) is 5.69 Å². The van der Waals surface area contributed by atoms with E-state index in [1.807, 2.05) is 0 Å². The predicted molar refractivity (Wildman–Crippen MR) is 146 cm³/mol. The van der Waals surface area contributed by atoms with Crippen LogP contribution in [-0.2, 0) is 0 Å². The van der Waals surface area contributed by atoms with E-state index in [9.17, 15) is 0 Å². The van der Waals surface area contributed by atoms with Gasteiger partial charge in [0.1, 0.15) is 0 Å². The first kappa shape index (κ1) is 20.1. The molecule has 6 aromatic rings. The third-order valence-electron chi connectivity index (χ3n) is 6.23. The summed E-state index contributed by atoms with van der Waals surface area (Å²) in [6, 6.07) is 49.0. The van der Waals surface area contributed by atoms with Crippen molar-refractivity contribution >= 4 is 50.0 Å². The van der Waals surface area contributed by atoms with Gasteiger partial charge in [-0.15, -0.1) is 0 Å². The minimum Gasteiger partial charge on any atom is -0.355 e. The van der Waals surface area contributed by atoms with Crippen molar-refractivity contribution in [2.75, 3.05) is 10.2 Å². The van der Waals surface area contributed by atoms with Gasteiger partial charge in [0.2, 0.25) is 0 Å². The van der Waals surface area contributed by atoms with Gasteiger partial charge >= 0.3 is 0 Å². The maximum atomic E-state index is 3.72. The molecule has 0 aromatic heterocycles. The molecule has 2 heteroatoms. The normalized spacial score (nSPS) is 10.9. The molecule has 0 fully saturated rings. The second kappa shape index (κ2) is 8.76. The van der Waals surface area contributed by atoms with E-state index < -0.39 is 0 Å².